The maximum absolute atomic E-state index is 8.88. The fourth-order valence-corrected chi connectivity index (χ4v) is 2.54. The molecule has 0 aliphatic carbocycles. The summed E-state index contributed by atoms with van der Waals surface area (Å²) in [7, 11) is 3.82. The van der Waals surface area contributed by atoms with E-state index < -0.39 is 0 Å². The van der Waals surface area contributed by atoms with E-state index in [0.29, 0.717) is 11.6 Å². The summed E-state index contributed by atoms with van der Waals surface area (Å²) in [6.45, 7) is 2.09. The average Bonchev–Trinajstić information content (AvgIpc) is 2.46. The van der Waals surface area contributed by atoms with Gasteiger partial charge in [0.15, 0.2) is 0 Å². The first kappa shape index (κ1) is 13.7. The molecule has 4 heteroatoms. The Balaban J connectivity index is 2.01. The van der Waals surface area contributed by atoms with Crippen molar-refractivity contribution in [3.8, 4) is 11.8 Å². The summed E-state index contributed by atoms with van der Waals surface area (Å²) in [6, 6.07) is 8.21. The van der Waals surface area contributed by atoms with Crippen LogP contribution in [0.5, 0.6) is 5.75 Å². The Morgan fingerprint density at radius 3 is 3.00 bits per heavy atom. The third-order valence-electron chi connectivity index (χ3n) is 3.78. The average molecular weight is 259 g/mol. The zero-order valence-electron chi connectivity index (χ0n) is 11.6. The molecule has 0 radical (unpaired) electrons. The number of nitrogens with zero attached hydrogens (tertiary/aromatic N) is 2. The molecular formula is C15H21N3O. The third-order valence-corrected chi connectivity index (χ3v) is 3.78. The maximum atomic E-state index is 8.88. The molecule has 1 aromatic rings. The molecule has 1 saturated heterocycles. The number of likely N-dealkylation sites (N-methyl/N-ethyl adjacent to an activating group) is 1. The van der Waals surface area contributed by atoms with E-state index in [1.54, 1.807) is 13.2 Å². The van der Waals surface area contributed by atoms with Gasteiger partial charge in [0.25, 0.3) is 0 Å². The monoisotopic (exact) mass is 259 g/mol. The highest BCUT2D eigenvalue weighted by Crippen LogP contribution is 2.26. The Bertz CT molecular complexity index is 467. The van der Waals surface area contributed by atoms with E-state index in [9.17, 15) is 0 Å². The molecule has 1 unspecified atom stereocenters. The summed E-state index contributed by atoms with van der Waals surface area (Å²) < 4.78 is 5.33. The highest BCUT2D eigenvalue weighted by atomic mass is 16.5. The van der Waals surface area contributed by atoms with Crippen molar-refractivity contribution in [2.45, 2.75) is 25.3 Å². The molecule has 102 valence electrons. The van der Waals surface area contributed by atoms with Crippen LogP contribution < -0.4 is 10.1 Å². The quantitative estimate of drug-likeness (QED) is 0.902. The first-order chi connectivity index (χ1) is 9.24. The zero-order chi connectivity index (χ0) is 13.7. The molecule has 0 saturated carbocycles. The Hall–Kier alpha value is -1.73. The molecule has 0 bridgehead atoms. The molecule has 0 spiro atoms. The van der Waals surface area contributed by atoms with Gasteiger partial charge < -0.3 is 15.0 Å². The summed E-state index contributed by atoms with van der Waals surface area (Å²) in [5.41, 5.74) is 1.58. The van der Waals surface area contributed by atoms with Crippen LogP contribution in [0.2, 0.25) is 0 Å². The molecule has 4 nitrogen and oxygen atoms in total. The lowest BCUT2D eigenvalue weighted by Crippen LogP contribution is -2.40. The van der Waals surface area contributed by atoms with Crippen molar-refractivity contribution in [2.75, 3.05) is 32.6 Å². The zero-order valence-corrected chi connectivity index (χ0v) is 11.6. The number of rotatable bonds is 4. The molecule has 1 aromatic carbocycles. The highest BCUT2D eigenvalue weighted by molar-refractivity contribution is 5.59. The number of nitriles is 1. The van der Waals surface area contributed by atoms with Crippen LogP contribution in [0.4, 0.5) is 5.69 Å². The van der Waals surface area contributed by atoms with Crippen LogP contribution in [0.15, 0.2) is 18.2 Å². The summed E-state index contributed by atoms with van der Waals surface area (Å²) in [6.07, 6.45) is 3.84. The lowest BCUT2D eigenvalue weighted by atomic mass is 10.0. The van der Waals surface area contributed by atoms with Crippen LogP contribution in [0.3, 0.4) is 0 Å². The summed E-state index contributed by atoms with van der Waals surface area (Å²) in [5, 5.41) is 12.3. The third kappa shape index (κ3) is 3.39. The predicted octanol–water partition coefficient (Wildman–Crippen LogP) is 2.46. The van der Waals surface area contributed by atoms with Gasteiger partial charge in [-0.1, -0.05) is 6.42 Å². The van der Waals surface area contributed by atoms with Crippen LogP contribution in [-0.2, 0) is 0 Å². The number of piperidine rings is 1. The van der Waals surface area contributed by atoms with Crippen molar-refractivity contribution in [2.24, 2.45) is 0 Å². The van der Waals surface area contributed by atoms with Crippen molar-refractivity contribution in [1.29, 1.82) is 5.26 Å². The molecular weight excluding hydrogens is 238 g/mol. The van der Waals surface area contributed by atoms with Crippen LogP contribution in [0, 0.1) is 11.3 Å². The second-order valence-corrected chi connectivity index (χ2v) is 5.04. The number of hydrogen-bond acceptors (Lipinski definition) is 4. The molecule has 0 aromatic heterocycles. The van der Waals surface area contributed by atoms with Gasteiger partial charge in [-0.15, -0.1) is 0 Å². The number of benzene rings is 1. The molecule has 0 amide bonds. The van der Waals surface area contributed by atoms with Crippen LogP contribution in [-0.4, -0.2) is 38.2 Å². The Morgan fingerprint density at radius 1 is 1.47 bits per heavy atom. The number of nitrogens with one attached hydrogen (secondary N) is 1. The molecule has 19 heavy (non-hydrogen) atoms. The SMILES string of the molecule is COc1cc(C#N)ccc1NCC1CCCCN1C. The van der Waals surface area contributed by atoms with Gasteiger partial charge in [-0.05, 0) is 38.6 Å². The first-order valence-electron chi connectivity index (χ1n) is 6.77. The fraction of sp³-hybridized carbons (Fsp3) is 0.533. The maximum Gasteiger partial charge on any atom is 0.143 e. The summed E-state index contributed by atoms with van der Waals surface area (Å²) in [5.74, 6) is 0.734. The molecule has 2 rings (SSSR count). The van der Waals surface area contributed by atoms with Gasteiger partial charge in [-0.2, -0.15) is 5.26 Å². The smallest absolute Gasteiger partial charge is 0.143 e. The molecule has 1 aliphatic heterocycles. The number of ether oxygens (including phenoxy) is 1. The van der Waals surface area contributed by atoms with Gasteiger partial charge in [0.1, 0.15) is 5.75 Å². The van der Waals surface area contributed by atoms with Gasteiger partial charge in [0.05, 0.1) is 24.4 Å². The Kier molecular flexibility index (Phi) is 4.64. The van der Waals surface area contributed by atoms with E-state index in [1.165, 1.54) is 25.8 Å². The number of likely N-dealkylation sites (tertiary alicyclic amines) is 1. The Labute approximate surface area is 115 Å². The first-order valence-corrected chi connectivity index (χ1v) is 6.77. The number of methoxy groups -OCH3 is 1. The molecule has 1 heterocycles. The number of hydrogen-bond donors (Lipinski definition) is 1. The van der Waals surface area contributed by atoms with Gasteiger partial charge in [0, 0.05) is 18.7 Å². The van der Waals surface area contributed by atoms with E-state index in [2.05, 4.69) is 23.3 Å². The molecule has 1 N–H and O–H groups in total. The largest absolute Gasteiger partial charge is 0.495 e. The van der Waals surface area contributed by atoms with Crippen LogP contribution >= 0.6 is 0 Å². The fourth-order valence-electron chi connectivity index (χ4n) is 2.54. The minimum atomic E-state index is 0.578. The lowest BCUT2D eigenvalue weighted by Gasteiger charge is -2.32. The van der Waals surface area contributed by atoms with Gasteiger partial charge in [0.2, 0.25) is 0 Å². The van der Waals surface area contributed by atoms with Crippen LogP contribution in [0.1, 0.15) is 24.8 Å². The highest BCUT2D eigenvalue weighted by Gasteiger charge is 2.18. The topological polar surface area (TPSA) is 48.3 Å². The number of anilines is 1. The van der Waals surface area contributed by atoms with Crippen molar-refractivity contribution < 1.29 is 4.74 Å². The van der Waals surface area contributed by atoms with E-state index in [-0.39, 0.29) is 0 Å². The molecule has 1 aliphatic rings. The van der Waals surface area contributed by atoms with Gasteiger partial charge in [-0.3, -0.25) is 0 Å². The predicted molar refractivity (Wildman–Crippen MR) is 76.5 cm³/mol. The van der Waals surface area contributed by atoms with E-state index in [0.717, 1.165) is 18.0 Å². The summed E-state index contributed by atoms with van der Waals surface area (Å²) in [4.78, 5) is 2.41. The van der Waals surface area contributed by atoms with E-state index in [4.69, 9.17) is 10.00 Å². The van der Waals surface area contributed by atoms with E-state index >= 15 is 0 Å². The van der Waals surface area contributed by atoms with Crippen molar-refractivity contribution >= 4 is 5.69 Å². The van der Waals surface area contributed by atoms with E-state index in [1.807, 2.05) is 12.1 Å². The minimum Gasteiger partial charge on any atom is -0.495 e. The lowest BCUT2D eigenvalue weighted by molar-refractivity contribution is 0.194. The molecule has 1 atom stereocenters. The molecule has 1 fully saturated rings. The second kappa shape index (κ2) is 6.44. The van der Waals surface area contributed by atoms with Gasteiger partial charge in [-0.25, -0.2) is 0 Å². The van der Waals surface area contributed by atoms with Crippen molar-refractivity contribution in [3.05, 3.63) is 23.8 Å². The summed E-state index contributed by atoms with van der Waals surface area (Å²) >= 11 is 0. The van der Waals surface area contributed by atoms with Crippen molar-refractivity contribution in [1.82, 2.24) is 4.90 Å². The normalized spacial score (nSPS) is 19.7. The van der Waals surface area contributed by atoms with Crippen molar-refractivity contribution in [3.63, 3.8) is 0 Å². The standard InChI is InChI=1S/C15H21N3O/c1-18-8-4-3-5-13(18)11-17-14-7-6-12(10-16)9-15(14)19-2/h6-7,9,13,17H,3-5,8,11H2,1-2H3. The van der Waals surface area contributed by atoms with Crippen LogP contribution in [0.25, 0.3) is 0 Å². The second-order valence-electron chi connectivity index (χ2n) is 5.04. The Morgan fingerprint density at radius 2 is 2.32 bits per heavy atom. The van der Waals surface area contributed by atoms with Gasteiger partial charge >= 0.3 is 0 Å². The minimum absolute atomic E-state index is 0.578.